The first-order chi connectivity index (χ1) is 8.13. The van der Waals surface area contributed by atoms with Gasteiger partial charge in [-0.3, -0.25) is 4.79 Å². The predicted molar refractivity (Wildman–Crippen MR) is 73.4 cm³/mol. The molecule has 1 rings (SSSR count). The number of carboxylic acids is 1. The fraction of sp³-hybridized carbons (Fsp3) is 0.400. The van der Waals surface area contributed by atoms with Crippen molar-refractivity contribution >= 4 is 51.4 Å². The summed E-state index contributed by atoms with van der Waals surface area (Å²) in [5.41, 5.74) is 1.22. The lowest BCUT2D eigenvalue weighted by atomic mass is 10.2. The zero-order valence-corrected chi connectivity index (χ0v) is 12.1. The minimum atomic E-state index is -0.990. The third kappa shape index (κ3) is 5.56. The Kier molecular flexibility index (Phi) is 6.61. The van der Waals surface area contributed by atoms with E-state index in [0.29, 0.717) is 18.6 Å². The van der Waals surface area contributed by atoms with Crippen LogP contribution >= 0.6 is 39.0 Å². The Morgan fingerprint density at radius 3 is 3.00 bits per heavy atom. The second-order valence-corrected chi connectivity index (χ2v) is 6.67. The van der Waals surface area contributed by atoms with Crippen LogP contribution in [0.25, 0.3) is 0 Å². The lowest BCUT2D eigenvalue weighted by molar-refractivity contribution is -0.140. The van der Waals surface area contributed by atoms with E-state index in [1.54, 1.807) is 23.1 Å². The van der Waals surface area contributed by atoms with E-state index in [-0.39, 0.29) is 0 Å². The molecule has 17 heavy (non-hydrogen) atoms. The molecule has 0 radical (unpaired) electrons. The van der Waals surface area contributed by atoms with Crippen LogP contribution in [0.1, 0.15) is 12.0 Å². The Balaban J connectivity index is 2.22. The first-order valence-corrected chi connectivity index (χ1v) is 7.69. The van der Waals surface area contributed by atoms with Crippen LogP contribution in [0.15, 0.2) is 15.2 Å². The van der Waals surface area contributed by atoms with E-state index in [1.807, 2.05) is 0 Å². The van der Waals surface area contributed by atoms with Gasteiger partial charge in [0.05, 0.1) is 3.79 Å². The highest BCUT2D eigenvalue weighted by Crippen LogP contribution is 2.24. The van der Waals surface area contributed by atoms with Crippen LogP contribution in [-0.2, 0) is 15.3 Å². The molecule has 0 aliphatic heterocycles. The van der Waals surface area contributed by atoms with Gasteiger partial charge in [0, 0.05) is 5.75 Å². The SMILES string of the molecule is O=CNC(CCSCc1csc(Br)c1)C(=O)O. The Labute approximate surface area is 116 Å². The van der Waals surface area contributed by atoms with Crippen LogP contribution in [0.3, 0.4) is 0 Å². The standard InChI is InChI=1S/C10H12BrNO3S2/c11-9-3-7(5-17-9)4-16-2-1-8(10(14)15)12-6-13/h3,5-6,8H,1-2,4H2,(H,12,13)(H,14,15). The molecule has 0 aromatic carbocycles. The summed E-state index contributed by atoms with van der Waals surface area (Å²) in [6.07, 6.45) is 0.865. The number of carboxylic acid groups (broad SMARTS) is 1. The molecule has 0 aliphatic carbocycles. The van der Waals surface area contributed by atoms with E-state index in [9.17, 15) is 9.59 Å². The van der Waals surface area contributed by atoms with E-state index in [1.165, 1.54) is 5.56 Å². The number of hydrogen-bond acceptors (Lipinski definition) is 4. The molecule has 0 aliphatic rings. The molecule has 1 unspecified atom stereocenters. The number of carbonyl (C=O) groups excluding carboxylic acids is 1. The van der Waals surface area contributed by atoms with Crippen LogP contribution in [0, 0.1) is 0 Å². The fourth-order valence-corrected chi connectivity index (χ4v) is 3.44. The number of hydrogen-bond donors (Lipinski definition) is 2. The molecule has 1 aromatic heterocycles. The topological polar surface area (TPSA) is 66.4 Å². The minimum Gasteiger partial charge on any atom is -0.480 e. The molecule has 0 spiro atoms. The Hall–Kier alpha value is -0.530. The Bertz CT molecular complexity index is 383. The zero-order chi connectivity index (χ0) is 12.7. The summed E-state index contributed by atoms with van der Waals surface area (Å²) in [6.45, 7) is 0. The van der Waals surface area contributed by atoms with Gasteiger partial charge in [-0.25, -0.2) is 4.79 Å². The quantitative estimate of drug-likeness (QED) is 0.564. The van der Waals surface area contributed by atoms with Crippen molar-refractivity contribution in [2.45, 2.75) is 18.2 Å². The van der Waals surface area contributed by atoms with Gasteiger partial charge >= 0.3 is 5.97 Å². The van der Waals surface area contributed by atoms with E-state index in [2.05, 4.69) is 32.7 Å². The van der Waals surface area contributed by atoms with E-state index < -0.39 is 12.0 Å². The highest BCUT2D eigenvalue weighted by molar-refractivity contribution is 9.11. The van der Waals surface area contributed by atoms with E-state index in [0.717, 1.165) is 9.54 Å². The normalized spacial score (nSPS) is 12.1. The summed E-state index contributed by atoms with van der Waals surface area (Å²) in [7, 11) is 0. The van der Waals surface area contributed by atoms with Crippen molar-refractivity contribution in [3.05, 3.63) is 20.8 Å². The van der Waals surface area contributed by atoms with Gasteiger partial charge in [0.25, 0.3) is 0 Å². The smallest absolute Gasteiger partial charge is 0.326 e. The van der Waals surface area contributed by atoms with Crippen LogP contribution in [0.5, 0.6) is 0 Å². The lowest BCUT2D eigenvalue weighted by Crippen LogP contribution is -2.36. The summed E-state index contributed by atoms with van der Waals surface area (Å²) >= 11 is 6.68. The van der Waals surface area contributed by atoms with Crippen molar-refractivity contribution in [1.82, 2.24) is 5.32 Å². The Morgan fingerprint density at radius 2 is 2.47 bits per heavy atom. The average Bonchev–Trinajstić information content (AvgIpc) is 2.68. The maximum atomic E-state index is 10.7. The van der Waals surface area contributed by atoms with Crippen LogP contribution in [0.4, 0.5) is 0 Å². The highest BCUT2D eigenvalue weighted by atomic mass is 79.9. The van der Waals surface area contributed by atoms with Crippen molar-refractivity contribution in [3.8, 4) is 0 Å². The molecule has 4 nitrogen and oxygen atoms in total. The largest absolute Gasteiger partial charge is 0.480 e. The second-order valence-electron chi connectivity index (χ2n) is 3.28. The number of rotatable bonds is 8. The van der Waals surface area contributed by atoms with Crippen molar-refractivity contribution in [3.63, 3.8) is 0 Å². The molecule has 2 N–H and O–H groups in total. The summed E-state index contributed by atoms with van der Waals surface area (Å²) in [6, 6.07) is 1.27. The molecule has 7 heteroatoms. The number of nitrogens with one attached hydrogen (secondary N) is 1. The van der Waals surface area contributed by atoms with Gasteiger partial charge in [-0.05, 0) is 45.1 Å². The number of amides is 1. The molecule has 0 bridgehead atoms. The van der Waals surface area contributed by atoms with E-state index >= 15 is 0 Å². The van der Waals surface area contributed by atoms with Crippen molar-refractivity contribution in [2.75, 3.05) is 5.75 Å². The number of aliphatic carboxylic acids is 1. The maximum absolute atomic E-state index is 10.7. The van der Waals surface area contributed by atoms with Crippen molar-refractivity contribution in [2.24, 2.45) is 0 Å². The molecule has 1 amide bonds. The maximum Gasteiger partial charge on any atom is 0.326 e. The molecule has 1 atom stereocenters. The zero-order valence-electron chi connectivity index (χ0n) is 8.89. The molecule has 1 aromatic rings. The molecule has 94 valence electrons. The Morgan fingerprint density at radius 1 is 1.71 bits per heavy atom. The monoisotopic (exact) mass is 337 g/mol. The first-order valence-electron chi connectivity index (χ1n) is 4.86. The summed E-state index contributed by atoms with van der Waals surface area (Å²) < 4.78 is 1.10. The summed E-state index contributed by atoms with van der Waals surface area (Å²) in [4.78, 5) is 20.9. The summed E-state index contributed by atoms with van der Waals surface area (Å²) in [5.74, 6) is 0.567. The predicted octanol–water partition coefficient (Wildman–Crippen LogP) is 2.33. The molecular formula is C10H12BrNO3S2. The third-order valence-corrected chi connectivity index (χ3v) is 4.62. The summed E-state index contributed by atoms with van der Waals surface area (Å²) in [5, 5.41) is 13.1. The second kappa shape index (κ2) is 7.73. The first kappa shape index (κ1) is 14.5. The van der Waals surface area contributed by atoms with Gasteiger partial charge in [-0.15, -0.1) is 11.3 Å². The average molecular weight is 338 g/mol. The lowest BCUT2D eigenvalue weighted by Gasteiger charge is -2.09. The van der Waals surface area contributed by atoms with Gasteiger partial charge in [0.2, 0.25) is 6.41 Å². The van der Waals surface area contributed by atoms with Gasteiger partial charge in [-0.2, -0.15) is 11.8 Å². The van der Waals surface area contributed by atoms with E-state index in [4.69, 9.17) is 5.11 Å². The van der Waals surface area contributed by atoms with Gasteiger partial charge < -0.3 is 10.4 Å². The third-order valence-electron chi connectivity index (χ3n) is 2.01. The fourth-order valence-electron chi connectivity index (χ4n) is 1.17. The number of thiophene rings is 1. The van der Waals surface area contributed by atoms with Gasteiger partial charge in [0.1, 0.15) is 6.04 Å². The minimum absolute atomic E-state index is 0.430. The molecular weight excluding hydrogens is 326 g/mol. The molecule has 0 saturated heterocycles. The molecule has 0 fully saturated rings. The van der Waals surface area contributed by atoms with Crippen LogP contribution in [0.2, 0.25) is 0 Å². The van der Waals surface area contributed by atoms with Crippen molar-refractivity contribution in [1.29, 1.82) is 0 Å². The van der Waals surface area contributed by atoms with Crippen LogP contribution in [-0.4, -0.2) is 29.3 Å². The van der Waals surface area contributed by atoms with Crippen LogP contribution < -0.4 is 5.32 Å². The number of halogens is 1. The highest BCUT2D eigenvalue weighted by Gasteiger charge is 2.15. The number of carbonyl (C=O) groups is 2. The van der Waals surface area contributed by atoms with Crippen molar-refractivity contribution < 1.29 is 14.7 Å². The van der Waals surface area contributed by atoms with Gasteiger partial charge in [-0.1, -0.05) is 0 Å². The molecule has 1 heterocycles. The molecule has 0 saturated carbocycles. The number of thioether (sulfide) groups is 1. The van der Waals surface area contributed by atoms with Gasteiger partial charge in [0.15, 0.2) is 0 Å².